The lowest BCUT2D eigenvalue weighted by Crippen LogP contribution is -2.28. The molecule has 0 aliphatic carbocycles. The fraction of sp³-hybridized carbons (Fsp3) is 0.143. The number of hydrogen-bond acceptors (Lipinski definition) is 8. The van der Waals surface area contributed by atoms with Crippen molar-refractivity contribution in [3.63, 3.8) is 0 Å². The van der Waals surface area contributed by atoms with E-state index in [0.29, 0.717) is 33.1 Å². The summed E-state index contributed by atoms with van der Waals surface area (Å²) in [6.07, 6.45) is -0.0798. The second kappa shape index (κ2) is 12.6. The molecular weight excluding hydrogens is 548 g/mol. The summed E-state index contributed by atoms with van der Waals surface area (Å²) >= 11 is 2.42. The number of amidine groups is 2. The van der Waals surface area contributed by atoms with Gasteiger partial charge in [-0.3, -0.25) is 19.2 Å². The van der Waals surface area contributed by atoms with Gasteiger partial charge in [0.15, 0.2) is 10.3 Å². The van der Waals surface area contributed by atoms with E-state index in [9.17, 15) is 19.2 Å². The Labute approximate surface area is 238 Å². The molecule has 0 spiro atoms. The fourth-order valence-electron chi connectivity index (χ4n) is 3.86. The van der Waals surface area contributed by atoms with Crippen LogP contribution in [0, 0.1) is 0 Å². The van der Waals surface area contributed by atoms with E-state index in [0.717, 1.165) is 0 Å². The summed E-state index contributed by atoms with van der Waals surface area (Å²) in [6, 6.07) is 25.1. The molecule has 2 heterocycles. The van der Waals surface area contributed by atoms with E-state index in [4.69, 9.17) is 0 Å². The van der Waals surface area contributed by atoms with E-state index in [1.165, 1.54) is 23.5 Å². The summed E-state index contributed by atoms with van der Waals surface area (Å²) in [6.45, 7) is 0. The number of para-hydroxylation sites is 2. The fourth-order valence-corrected chi connectivity index (χ4v) is 5.84. The van der Waals surface area contributed by atoms with Crippen LogP contribution in [0.1, 0.15) is 12.8 Å². The molecule has 4 amide bonds. The topological polar surface area (TPSA) is 141 Å². The van der Waals surface area contributed by atoms with Gasteiger partial charge in [-0.15, -0.1) is 0 Å². The Bertz CT molecular complexity index is 1390. The van der Waals surface area contributed by atoms with Gasteiger partial charge in [0.25, 0.3) is 0 Å². The summed E-state index contributed by atoms with van der Waals surface area (Å²) in [5.41, 5.74) is 2.36. The first-order valence-electron chi connectivity index (χ1n) is 12.3. The number of nitrogens with one attached hydrogen (secondary N) is 4. The van der Waals surface area contributed by atoms with Crippen LogP contribution in [-0.4, -0.2) is 44.5 Å². The van der Waals surface area contributed by atoms with Crippen molar-refractivity contribution in [1.82, 2.24) is 10.6 Å². The Morgan fingerprint density at radius 2 is 1.07 bits per heavy atom. The summed E-state index contributed by atoms with van der Waals surface area (Å²) < 4.78 is 0. The first-order valence-corrected chi connectivity index (χ1v) is 14.1. The maximum Gasteiger partial charge on any atom is 0.240 e. The standard InChI is InChI=1S/C28H24N6O4S2/c35-23(15-21-25(37)33-27(39-21)31-17-8-3-1-4-9-17)29-19-12-7-13-20(14-19)30-24(36)16-22-26(38)34-28(40-22)32-18-10-5-2-6-11-18/h1-14,21-22H,15-16H2,(H,29,35)(H,30,36)(H,31,33,37)(H,32,34,38). The van der Waals surface area contributed by atoms with Gasteiger partial charge in [-0.2, -0.15) is 0 Å². The second-order valence-corrected chi connectivity index (χ2v) is 11.2. The number of amides is 4. The van der Waals surface area contributed by atoms with Gasteiger partial charge in [0, 0.05) is 24.2 Å². The number of carbonyl (C=O) groups excluding carboxylic acids is 4. The van der Waals surface area contributed by atoms with Crippen molar-refractivity contribution in [3.8, 4) is 0 Å². The zero-order chi connectivity index (χ0) is 27.9. The average Bonchev–Trinajstić information content (AvgIpc) is 3.45. The zero-order valence-corrected chi connectivity index (χ0v) is 22.6. The van der Waals surface area contributed by atoms with E-state index < -0.39 is 10.5 Å². The minimum absolute atomic E-state index is 0.0399. The van der Waals surface area contributed by atoms with Gasteiger partial charge in [-0.05, 0) is 42.5 Å². The van der Waals surface area contributed by atoms with E-state index in [2.05, 4.69) is 31.3 Å². The molecule has 0 radical (unpaired) electrons. The van der Waals surface area contributed by atoms with Gasteiger partial charge in [-0.25, -0.2) is 9.98 Å². The van der Waals surface area contributed by atoms with Crippen LogP contribution in [0.5, 0.6) is 0 Å². The Hall–Kier alpha value is -4.42. The molecule has 2 saturated heterocycles. The van der Waals surface area contributed by atoms with Crippen LogP contribution in [0.15, 0.2) is 94.9 Å². The summed E-state index contributed by atoms with van der Waals surface area (Å²) in [5.74, 6) is -1.24. The molecule has 12 heteroatoms. The average molecular weight is 573 g/mol. The normalized spacial score (nSPS) is 20.3. The molecule has 2 aliphatic rings. The van der Waals surface area contributed by atoms with Crippen LogP contribution < -0.4 is 21.3 Å². The van der Waals surface area contributed by atoms with Crippen molar-refractivity contribution < 1.29 is 19.2 Å². The van der Waals surface area contributed by atoms with Crippen molar-refractivity contribution >= 4 is 80.2 Å². The minimum Gasteiger partial charge on any atom is -0.326 e. The predicted octanol–water partition coefficient (Wildman–Crippen LogP) is 4.18. The van der Waals surface area contributed by atoms with E-state index in [1.807, 2.05) is 60.7 Å². The number of anilines is 2. The van der Waals surface area contributed by atoms with Crippen LogP contribution in [0.2, 0.25) is 0 Å². The van der Waals surface area contributed by atoms with Crippen molar-refractivity contribution in [1.29, 1.82) is 0 Å². The maximum atomic E-state index is 12.7. The Kier molecular flexibility index (Phi) is 8.57. The number of hydrogen-bond donors (Lipinski definition) is 4. The third kappa shape index (κ3) is 7.36. The maximum absolute atomic E-state index is 12.7. The van der Waals surface area contributed by atoms with Crippen LogP contribution in [0.4, 0.5) is 22.7 Å². The van der Waals surface area contributed by atoms with E-state index in [1.54, 1.807) is 24.3 Å². The second-order valence-electron chi connectivity index (χ2n) is 8.78. The molecule has 0 bridgehead atoms. The molecule has 2 aliphatic heterocycles. The summed E-state index contributed by atoms with van der Waals surface area (Å²) in [7, 11) is 0. The summed E-state index contributed by atoms with van der Waals surface area (Å²) in [5, 5.41) is 10.7. The van der Waals surface area contributed by atoms with E-state index >= 15 is 0 Å². The summed E-state index contributed by atoms with van der Waals surface area (Å²) in [4.78, 5) is 58.8. The number of aliphatic imine (C=N–C) groups is 2. The lowest BCUT2D eigenvalue weighted by molar-refractivity contribution is -0.122. The molecule has 40 heavy (non-hydrogen) atoms. The highest BCUT2D eigenvalue weighted by atomic mass is 32.2. The molecule has 202 valence electrons. The van der Waals surface area contributed by atoms with E-state index in [-0.39, 0.29) is 36.5 Å². The van der Waals surface area contributed by atoms with Gasteiger partial charge >= 0.3 is 0 Å². The molecule has 2 atom stereocenters. The van der Waals surface area contributed by atoms with Gasteiger partial charge in [-0.1, -0.05) is 66.0 Å². The molecule has 5 rings (SSSR count). The highest BCUT2D eigenvalue weighted by Gasteiger charge is 2.33. The van der Waals surface area contributed by atoms with Crippen LogP contribution in [-0.2, 0) is 19.2 Å². The molecule has 2 fully saturated rings. The molecule has 2 unspecified atom stereocenters. The van der Waals surface area contributed by atoms with Crippen molar-refractivity contribution in [2.45, 2.75) is 23.3 Å². The molecule has 4 N–H and O–H groups in total. The molecule has 10 nitrogen and oxygen atoms in total. The van der Waals surface area contributed by atoms with Crippen molar-refractivity contribution in [2.24, 2.45) is 9.98 Å². The third-order valence-electron chi connectivity index (χ3n) is 5.70. The number of thioether (sulfide) groups is 2. The Balaban J connectivity index is 1.12. The predicted molar refractivity (Wildman–Crippen MR) is 159 cm³/mol. The lowest BCUT2D eigenvalue weighted by atomic mass is 10.2. The van der Waals surface area contributed by atoms with Gasteiger partial charge in [0.1, 0.15) is 10.5 Å². The smallest absolute Gasteiger partial charge is 0.240 e. The first-order chi connectivity index (χ1) is 19.4. The number of nitrogens with zero attached hydrogens (tertiary/aromatic N) is 2. The number of carbonyl (C=O) groups is 4. The molecule has 3 aromatic rings. The highest BCUT2D eigenvalue weighted by Crippen LogP contribution is 2.27. The SMILES string of the molecule is O=C(CC1SC(=Nc2ccccc2)NC1=O)Nc1cccc(NC(=O)CC2SC(=Nc3ccccc3)NC2=O)c1. The Morgan fingerprint density at radius 1 is 0.650 bits per heavy atom. The highest BCUT2D eigenvalue weighted by molar-refractivity contribution is 8.16. The van der Waals surface area contributed by atoms with Crippen LogP contribution >= 0.6 is 23.5 Å². The van der Waals surface area contributed by atoms with Gasteiger partial charge in [0.2, 0.25) is 23.6 Å². The third-order valence-corrected chi connectivity index (χ3v) is 7.86. The first kappa shape index (κ1) is 27.2. The number of benzene rings is 3. The largest absolute Gasteiger partial charge is 0.326 e. The zero-order valence-electron chi connectivity index (χ0n) is 21.0. The molecule has 3 aromatic carbocycles. The van der Waals surface area contributed by atoms with Crippen molar-refractivity contribution in [3.05, 3.63) is 84.9 Å². The quantitative estimate of drug-likeness (QED) is 0.319. The van der Waals surface area contributed by atoms with Crippen LogP contribution in [0.25, 0.3) is 0 Å². The Morgan fingerprint density at radius 3 is 1.50 bits per heavy atom. The molecule has 0 aromatic heterocycles. The minimum atomic E-state index is -0.601. The van der Waals surface area contributed by atoms with Gasteiger partial charge < -0.3 is 21.3 Å². The molecule has 0 saturated carbocycles. The van der Waals surface area contributed by atoms with Crippen molar-refractivity contribution in [2.75, 3.05) is 10.6 Å². The van der Waals surface area contributed by atoms with Crippen LogP contribution in [0.3, 0.4) is 0 Å². The lowest BCUT2D eigenvalue weighted by Gasteiger charge is -2.11. The monoisotopic (exact) mass is 572 g/mol. The number of rotatable bonds is 8. The van der Waals surface area contributed by atoms with Gasteiger partial charge in [0.05, 0.1) is 11.4 Å². The molecular formula is C28H24N6O4S2.